The van der Waals surface area contributed by atoms with Gasteiger partial charge in [-0.2, -0.15) is 0 Å². The van der Waals surface area contributed by atoms with E-state index >= 15 is 0 Å². The van der Waals surface area contributed by atoms with Gasteiger partial charge in [-0.15, -0.1) is 0 Å². The highest BCUT2D eigenvalue weighted by Crippen LogP contribution is 2.43. The largest absolute Gasteiger partial charge is 0.589 e. The normalized spacial score (nSPS) is 10.5. The maximum atomic E-state index is 10.5. The zero-order valence-corrected chi connectivity index (χ0v) is 6.83. The van der Waals surface area contributed by atoms with Crippen LogP contribution in [0.2, 0.25) is 0 Å². The second-order valence-corrected chi connectivity index (χ2v) is 2.94. The molecule has 0 spiro atoms. The van der Waals surface area contributed by atoms with Crippen molar-refractivity contribution in [3.63, 3.8) is 0 Å². The average Bonchev–Trinajstić information content (AvgIpc) is 1.53. The molecule has 0 saturated heterocycles. The highest BCUT2D eigenvalue weighted by molar-refractivity contribution is 7.48. The van der Waals surface area contributed by atoms with E-state index in [0.717, 1.165) is 13.8 Å². The standard InChI is InChI=1S/C4H7O6P/c1-3(5)9-11(7,8)10-4(2)6/h1-2H3,(H,7,8). The molecule has 0 atom stereocenters. The Morgan fingerprint density at radius 3 is 1.64 bits per heavy atom. The molecule has 1 N–H and O–H groups in total. The number of phosphoric acid groups is 1. The molecular formula is C4H7O6P. The Balaban J connectivity index is 4.12. The van der Waals surface area contributed by atoms with Crippen LogP contribution in [0.4, 0.5) is 0 Å². The van der Waals surface area contributed by atoms with Gasteiger partial charge in [-0.1, -0.05) is 0 Å². The molecule has 0 amide bonds. The van der Waals surface area contributed by atoms with Gasteiger partial charge in [0.1, 0.15) is 0 Å². The third-order valence-electron chi connectivity index (χ3n) is 0.488. The lowest BCUT2D eigenvalue weighted by atomic mass is 10.9. The van der Waals surface area contributed by atoms with Crippen molar-refractivity contribution >= 4 is 19.8 Å². The van der Waals surface area contributed by atoms with Gasteiger partial charge >= 0.3 is 19.8 Å². The molecule has 0 fully saturated rings. The number of carbonyl (C=O) groups excluding carboxylic acids is 2. The number of hydrogen-bond acceptors (Lipinski definition) is 5. The topological polar surface area (TPSA) is 89.9 Å². The molecule has 0 heterocycles. The van der Waals surface area contributed by atoms with Crippen LogP contribution in [0.25, 0.3) is 0 Å². The molecule has 0 rings (SSSR count). The lowest BCUT2D eigenvalue weighted by molar-refractivity contribution is -0.137. The van der Waals surface area contributed by atoms with Crippen molar-refractivity contribution in [1.82, 2.24) is 0 Å². The van der Waals surface area contributed by atoms with Gasteiger partial charge in [0.15, 0.2) is 0 Å². The minimum Gasteiger partial charge on any atom is -0.362 e. The molecule has 0 unspecified atom stereocenters. The highest BCUT2D eigenvalue weighted by atomic mass is 31.2. The van der Waals surface area contributed by atoms with E-state index in [9.17, 15) is 14.2 Å². The molecule has 6 nitrogen and oxygen atoms in total. The number of carbonyl (C=O) groups is 2. The Labute approximate surface area is 62.7 Å². The van der Waals surface area contributed by atoms with Gasteiger partial charge in [-0.3, -0.25) is 14.5 Å². The van der Waals surface area contributed by atoms with Gasteiger partial charge in [0.25, 0.3) is 0 Å². The number of rotatable bonds is 2. The zero-order valence-electron chi connectivity index (χ0n) is 5.94. The second kappa shape index (κ2) is 3.50. The molecule has 0 aliphatic carbocycles. The number of phosphoric ester groups is 1. The summed E-state index contributed by atoms with van der Waals surface area (Å²) in [5.74, 6) is -1.98. The predicted octanol–water partition coefficient (Wildman–Crippen LogP) is 0.213. The summed E-state index contributed by atoms with van der Waals surface area (Å²) >= 11 is 0. The summed E-state index contributed by atoms with van der Waals surface area (Å²) in [6.45, 7) is 1.85. The van der Waals surface area contributed by atoms with E-state index in [4.69, 9.17) is 4.89 Å². The molecule has 64 valence electrons. The van der Waals surface area contributed by atoms with Crippen LogP contribution in [0, 0.1) is 0 Å². The summed E-state index contributed by atoms with van der Waals surface area (Å²) in [4.78, 5) is 28.7. The van der Waals surface area contributed by atoms with Crippen molar-refractivity contribution in [1.29, 1.82) is 0 Å². The van der Waals surface area contributed by atoms with Gasteiger partial charge < -0.3 is 9.05 Å². The maximum Gasteiger partial charge on any atom is 0.589 e. The molecule has 0 aromatic carbocycles. The minimum absolute atomic E-state index is 0.923. The first kappa shape index (κ1) is 10.1. The zero-order chi connectivity index (χ0) is 9.07. The van der Waals surface area contributed by atoms with Gasteiger partial charge in [0.2, 0.25) is 0 Å². The Morgan fingerprint density at radius 1 is 1.18 bits per heavy atom. The van der Waals surface area contributed by atoms with Crippen LogP contribution >= 0.6 is 7.82 Å². The van der Waals surface area contributed by atoms with Crippen molar-refractivity contribution in [3.8, 4) is 0 Å². The minimum atomic E-state index is -4.50. The molecule has 0 radical (unpaired) electrons. The molecular weight excluding hydrogens is 175 g/mol. The summed E-state index contributed by atoms with van der Waals surface area (Å²) < 4.78 is 18.1. The van der Waals surface area contributed by atoms with Crippen LogP contribution in [-0.2, 0) is 23.2 Å². The fraction of sp³-hybridized carbons (Fsp3) is 0.500. The molecule has 0 aliphatic heterocycles. The predicted molar refractivity (Wildman–Crippen MR) is 33.4 cm³/mol. The Hall–Kier alpha value is -0.870. The number of hydrogen-bond donors (Lipinski definition) is 1. The summed E-state index contributed by atoms with van der Waals surface area (Å²) in [7, 11) is -4.50. The summed E-state index contributed by atoms with van der Waals surface area (Å²) in [5.41, 5.74) is 0. The third-order valence-corrected chi connectivity index (χ3v) is 1.46. The molecule has 0 saturated carbocycles. The van der Waals surface area contributed by atoms with Gasteiger partial charge in [0, 0.05) is 13.8 Å². The summed E-state index contributed by atoms with van der Waals surface area (Å²) in [5, 5.41) is 0. The Kier molecular flexibility index (Phi) is 3.22. The maximum absolute atomic E-state index is 10.5. The van der Waals surface area contributed by atoms with E-state index in [1.54, 1.807) is 0 Å². The van der Waals surface area contributed by atoms with Crippen LogP contribution in [0.3, 0.4) is 0 Å². The highest BCUT2D eigenvalue weighted by Gasteiger charge is 2.27. The van der Waals surface area contributed by atoms with E-state index in [0.29, 0.717) is 0 Å². The quantitative estimate of drug-likeness (QED) is 0.614. The van der Waals surface area contributed by atoms with Gasteiger partial charge in [0.05, 0.1) is 0 Å². The van der Waals surface area contributed by atoms with Crippen LogP contribution < -0.4 is 0 Å². The third kappa shape index (κ3) is 5.57. The fourth-order valence-electron chi connectivity index (χ4n) is 0.344. The van der Waals surface area contributed by atoms with Crippen LogP contribution in [0.1, 0.15) is 13.8 Å². The molecule has 0 aliphatic rings. The fourth-order valence-corrected chi connectivity index (χ4v) is 1.03. The SMILES string of the molecule is CC(=O)OP(=O)(O)OC(C)=O. The van der Waals surface area contributed by atoms with Gasteiger partial charge in [-0.25, -0.2) is 4.57 Å². The van der Waals surface area contributed by atoms with Crippen LogP contribution in [0.5, 0.6) is 0 Å². The van der Waals surface area contributed by atoms with Crippen molar-refractivity contribution in [2.45, 2.75) is 13.8 Å². The van der Waals surface area contributed by atoms with E-state index in [2.05, 4.69) is 9.05 Å². The lowest BCUT2D eigenvalue weighted by Gasteiger charge is -2.07. The van der Waals surface area contributed by atoms with Crippen LogP contribution in [-0.4, -0.2) is 16.8 Å². The van der Waals surface area contributed by atoms with Crippen molar-refractivity contribution < 1.29 is 28.1 Å². The lowest BCUT2D eigenvalue weighted by Crippen LogP contribution is -2.02. The molecule has 0 aromatic heterocycles. The van der Waals surface area contributed by atoms with E-state index in [-0.39, 0.29) is 0 Å². The monoisotopic (exact) mass is 182 g/mol. The average molecular weight is 182 g/mol. The first-order valence-electron chi connectivity index (χ1n) is 2.56. The van der Waals surface area contributed by atoms with Gasteiger partial charge in [-0.05, 0) is 0 Å². The van der Waals surface area contributed by atoms with Crippen molar-refractivity contribution in [2.24, 2.45) is 0 Å². The molecule has 7 heteroatoms. The molecule has 0 aromatic rings. The summed E-state index contributed by atoms with van der Waals surface area (Å²) in [6.07, 6.45) is 0. The van der Waals surface area contributed by atoms with E-state index in [1.165, 1.54) is 0 Å². The smallest absolute Gasteiger partial charge is 0.362 e. The molecule has 0 bridgehead atoms. The molecule has 11 heavy (non-hydrogen) atoms. The Morgan fingerprint density at radius 2 is 1.45 bits per heavy atom. The summed E-state index contributed by atoms with van der Waals surface area (Å²) in [6, 6.07) is 0. The Bertz CT molecular complexity index is 201. The van der Waals surface area contributed by atoms with E-state index in [1.807, 2.05) is 0 Å². The van der Waals surface area contributed by atoms with Crippen LogP contribution in [0.15, 0.2) is 0 Å². The van der Waals surface area contributed by atoms with E-state index < -0.39 is 19.8 Å². The first-order valence-corrected chi connectivity index (χ1v) is 4.06. The van der Waals surface area contributed by atoms with Crippen molar-refractivity contribution in [3.05, 3.63) is 0 Å². The first-order chi connectivity index (χ1) is 4.83. The van der Waals surface area contributed by atoms with Crippen molar-refractivity contribution in [2.75, 3.05) is 0 Å². The second-order valence-electron chi connectivity index (χ2n) is 1.63.